The molecular weight excluding hydrogens is 497 g/mol. The number of para-hydroxylation sites is 1. The first kappa shape index (κ1) is 24.6. The van der Waals surface area contributed by atoms with Gasteiger partial charge in [0.15, 0.2) is 5.65 Å². The first-order chi connectivity index (χ1) is 19.0. The number of likely N-dealkylation sites (tertiary alicyclic amines) is 1. The molecule has 0 radical (unpaired) electrons. The Bertz CT molecular complexity index is 1620. The van der Waals surface area contributed by atoms with Crippen LogP contribution in [-0.4, -0.2) is 43.6 Å². The van der Waals surface area contributed by atoms with E-state index in [4.69, 9.17) is 15.6 Å². The number of carbonyl (C=O) groups excluding carboxylic acids is 1. The van der Waals surface area contributed by atoms with Crippen LogP contribution in [0.15, 0.2) is 66.5 Å². The summed E-state index contributed by atoms with van der Waals surface area (Å²) in [4.78, 5) is 23.4. The van der Waals surface area contributed by atoms with Crippen molar-refractivity contribution in [1.82, 2.24) is 24.6 Å². The fourth-order valence-electron chi connectivity index (χ4n) is 4.98. The lowest BCUT2D eigenvalue weighted by Gasteiger charge is -2.32. The van der Waals surface area contributed by atoms with Crippen LogP contribution in [0.4, 0.5) is 10.2 Å². The van der Waals surface area contributed by atoms with Gasteiger partial charge in [-0.25, -0.2) is 19.0 Å². The number of piperidine rings is 1. The number of nitriles is 1. The molecule has 0 spiro atoms. The normalized spacial score (nSPS) is 17.7. The molecule has 1 saturated heterocycles. The van der Waals surface area contributed by atoms with Gasteiger partial charge in [0.25, 0.3) is 5.91 Å². The molecule has 2 aromatic heterocycles. The molecule has 196 valence electrons. The summed E-state index contributed by atoms with van der Waals surface area (Å²) in [5.74, 6) is 0.667. The monoisotopic (exact) mass is 523 g/mol. The van der Waals surface area contributed by atoms with Crippen molar-refractivity contribution in [3.63, 3.8) is 0 Å². The van der Waals surface area contributed by atoms with Crippen molar-refractivity contribution in [2.24, 2.45) is 5.92 Å². The van der Waals surface area contributed by atoms with Crippen LogP contribution in [0.1, 0.15) is 31.7 Å². The van der Waals surface area contributed by atoms with Gasteiger partial charge in [-0.3, -0.25) is 4.79 Å². The van der Waals surface area contributed by atoms with Crippen LogP contribution < -0.4 is 10.5 Å². The summed E-state index contributed by atoms with van der Waals surface area (Å²) in [5.41, 5.74) is 7.46. The second-order valence-corrected chi connectivity index (χ2v) is 9.88. The molecule has 1 amide bonds. The number of ether oxygens (including phenoxy) is 1. The van der Waals surface area contributed by atoms with Crippen LogP contribution >= 0.6 is 0 Å². The van der Waals surface area contributed by atoms with Gasteiger partial charge in [0, 0.05) is 24.7 Å². The van der Waals surface area contributed by atoms with E-state index >= 15 is 4.39 Å². The molecule has 2 aromatic carbocycles. The molecule has 1 atom stereocenters. The lowest BCUT2D eigenvalue weighted by molar-refractivity contribution is -0.128. The molecule has 2 aliphatic rings. The summed E-state index contributed by atoms with van der Waals surface area (Å²) in [5, 5.41) is 14.8. The zero-order chi connectivity index (χ0) is 26.9. The molecule has 1 aliphatic heterocycles. The van der Waals surface area contributed by atoms with Crippen LogP contribution in [0, 0.1) is 23.1 Å². The molecule has 2 fully saturated rings. The topological polar surface area (TPSA) is 123 Å². The molecule has 10 heteroatoms. The van der Waals surface area contributed by atoms with Crippen molar-refractivity contribution in [3.05, 3.63) is 72.3 Å². The van der Waals surface area contributed by atoms with E-state index in [1.165, 1.54) is 12.4 Å². The van der Waals surface area contributed by atoms with Gasteiger partial charge >= 0.3 is 0 Å². The molecule has 3 heterocycles. The van der Waals surface area contributed by atoms with Crippen molar-refractivity contribution in [2.45, 2.75) is 31.7 Å². The maximum Gasteiger partial charge on any atom is 0.264 e. The Morgan fingerprint density at radius 1 is 1.13 bits per heavy atom. The highest BCUT2D eigenvalue weighted by Gasteiger charge is 2.31. The zero-order valence-corrected chi connectivity index (χ0v) is 21.1. The minimum Gasteiger partial charge on any atom is -0.457 e. The molecule has 9 nitrogen and oxygen atoms in total. The molecule has 1 saturated carbocycles. The van der Waals surface area contributed by atoms with Crippen molar-refractivity contribution in [3.8, 4) is 28.8 Å². The molecular formula is C29H26FN7O2. The van der Waals surface area contributed by atoms with Gasteiger partial charge in [-0.1, -0.05) is 24.3 Å². The maximum atomic E-state index is 15.5. The number of nitrogen functional groups attached to an aromatic ring is 1. The van der Waals surface area contributed by atoms with Crippen molar-refractivity contribution in [2.75, 3.05) is 18.8 Å². The minimum absolute atomic E-state index is 0.188. The highest BCUT2D eigenvalue weighted by atomic mass is 19.1. The van der Waals surface area contributed by atoms with Gasteiger partial charge in [0.2, 0.25) is 0 Å². The molecule has 1 aliphatic carbocycles. The van der Waals surface area contributed by atoms with Crippen LogP contribution in [0.2, 0.25) is 0 Å². The molecule has 2 N–H and O–H groups in total. The third kappa shape index (κ3) is 4.91. The Labute approximate surface area is 224 Å². The van der Waals surface area contributed by atoms with Gasteiger partial charge in [-0.05, 0) is 55.9 Å². The van der Waals surface area contributed by atoms with Crippen molar-refractivity contribution in [1.29, 1.82) is 5.26 Å². The average molecular weight is 524 g/mol. The highest BCUT2D eigenvalue weighted by Crippen LogP contribution is 2.37. The Morgan fingerprint density at radius 2 is 1.95 bits per heavy atom. The van der Waals surface area contributed by atoms with E-state index in [9.17, 15) is 10.1 Å². The van der Waals surface area contributed by atoms with E-state index in [1.807, 2.05) is 18.2 Å². The number of fused-ring (bicyclic) bond motifs is 1. The van der Waals surface area contributed by atoms with Crippen LogP contribution in [0.3, 0.4) is 0 Å². The predicted molar refractivity (Wildman–Crippen MR) is 143 cm³/mol. The number of halogens is 1. The van der Waals surface area contributed by atoms with E-state index in [1.54, 1.807) is 39.9 Å². The number of benzene rings is 2. The number of allylic oxidation sites excluding steroid dienone is 1. The number of nitrogens with two attached hydrogens (primary N) is 1. The van der Waals surface area contributed by atoms with E-state index in [0.717, 1.165) is 25.7 Å². The highest BCUT2D eigenvalue weighted by molar-refractivity contribution is 5.99. The number of amides is 1. The number of rotatable bonds is 6. The standard InChI is InChI=1S/C29H26FN7O2/c30-24-14-22(39-21-6-2-1-3-7-21)10-11-23(24)26-25-27(32)33-17-34-28(25)37(35-26)20-5-4-12-36(16-20)29(38)19(15-31)13-18-8-9-18/h1-3,6-7,10-11,13-14,17-18,20H,4-5,8-9,12,16H2,(H2,32,33,34)/b19-13+/t20-/m0/s1. The summed E-state index contributed by atoms with van der Waals surface area (Å²) in [6.45, 7) is 0.911. The Balaban J connectivity index is 1.33. The Kier molecular flexibility index (Phi) is 6.40. The van der Waals surface area contributed by atoms with E-state index in [-0.39, 0.29) is 28.9 Å². The summed E-state index contributed by atoms with van der Waals surface area (Å²) >= 11 is 0. The molecule has 39 heavy (non-hydrogen) atoms. The quantitative estimate of drug-likeness (QED) is 0.278. The van der Waals surface area contributed by atoms with E-state index in [2.05, 4.69) is 16.0 Å². The van der Waals surface area contributed by atoms with Crippen molar-refractivity contribution >= 4 is 22.8 Å². The van der Waals surface area contributed by atoms with E-state index in [0.29, 0.717) is 47.2 Å². The van der Waals surface area contributed by atoms with E-state index < -0.39 is 5.82 Å². The van der Waals surface area contributed by atoms with Crippen molar-refractivity contribution < 1.29 is 13.9 Å². The fourth-order valence-corrected chi connectivity index (χ4v) is 4.98. The summed E-state index contributed by atoms with van der Waals surface area (Å²) in [7, 11) is 0. The third-order valence-corrected chi connectivity index (χ3v) is 7.10. The van der Waals surface area contributed by atoms with Crippen LogP contribution in [0.5, 0.6) is 11.5 Å². The average Bonchev–Trinajstić information content (AvgIpc) is 3.70. The SMILES string of the molecule is N#C/C(=C\C1CC1)C(=O)N1CCC[C@H](n2nc(-c3ccc(Oc4ccccc4)cc3F)c3c(N)ncnc32)C1. The number of carbonyl (C=O) groups is 1. The van der Waals surface area contributed by atoms with Crippen LogP contribution in [0.25, 0.3) is 22.3 Å². The number of anilines is 1. The third-order valence-electron chi connectivity index (χ3n) is 7.10. The number of hydrogen-bond donors (Lipinski definition) is 1. The minimum atomic E-state index is -0.525. The zero-order valence-electron chi connectivity index (χ0n) is 21.1. The predicted octanol–water partition coefficient (Wildman–Crippen LogP) is 5.03. The lowest BCUT2D eigenvalue weighted by Crippen LogP contribution is -2.41. The fraction of sp³-hybridized carbons (Fsp3) is 0.276. The Morgan fingerprint density at radius 3 is 2.69 bits per heavy atom. The first-order valence-corrected chi connectivity index (χ1v) is 12.9. The summed E-state index contributed by atoms with van der Waals surface area (Å²) in [6, 6.07) is 15.6. The molecule has 4 aromatic rings. The summed E-state index contributed by atoms with van der Waals surface area (Å²) in [6.07, 6.45) is 6.64. The maximum absolute atomic E-state index is 15.5. The number of hydrogen-bond acceptors (Lipinski definition) is 7. The molecule has 0 bridgehead atoms. The lowest BCUT2D eigenvalue weighted by atomic mass is 10.0. The first-order valence-electron chi connectivity index (χ1n) is 12.9. The number of aromatic nitrogens is 4. The van der Waals surface area contributed by atoms with Gasteiger partial charge in [-0.2, -0.15) is 10.4 Å². The van der Waals surface area contributed by atoms with Gasteiger partial charge in [0.05, 0.1) is 11.4 Å². The molecule has 6 rings (SSSR count). The second-order valence-electron chi connectivity index (χ2n) is 9.88. The summed E-state index contributed by atoms with van der Waals surface area (Å²) < 4.78 is 22.9. The molecule has 0 unspecified atom stereocenters. The Hall–Kier alpha value is -4.78. The van der Waals surface area contributed by atoms with Gasteiger partial charge < -0.3 is 15.4 Å². The van der Waals surface area contributed by atoms with Crippen LogP contribution in [-0.2, 0) is 4.79 Å². The van der Waals surface area contributed by atoms with Gasteiger partial charge in [0.1, 0.15) is 46.8 Å². The van der Waals surface area contributed by atoms with Gasteiger partial charge in [-0.15, -0.1) is 0 Å². The number of nitrogens with zero attached hydrogens (tertiary/aromatic N) is 6. The second kappa shape index (κ2) is 10.2. The largest absolute Gasteiger partial charge is 0.457 e. The smallest absolute Gasteiger partial charge is 0.264 e.